The van der Waals surface area contributed by atoms with Gasteiger partial charge in [0.1, 0.15) is 11.4 Å². The Labute approximate surface area is 146 Å². The molecule has 0 saturated heterocycles. The van der Waals surface area contributed by atoms with Gasteiger partial charge in [0.05, 0.1) is 13.2 Å². The van der Waals surface area contributed by atoms with E-state index in [1.807, 2.05) is 55.5 Å². The third-order valence-corrected chi connectivity index (χ3v) is 3.80. The van der Waals surface area contributed by atoms with E-state index in [1.54, 1.807) is 0 Å². The number of nitrogens with zero attached hydrogens (tertiary/aromatic N) is 1. The fourth-order valence-corrected chi connectivity index (χ4v) is 2.53. The molecular formula is C19H21N3O3. The van der Waals surface area contributed by atoms with Crippen molar-refractivity contribution in [2.45, 2.75) is 19.9 Å². The highest BCUT2D eigenvalue weighted by Gasteiger charge is 2.08. The predicted octanol–water partition coefficient (Wildman–Crippen LogP) is 3.27. The summed E-state index contributed by atoms with van der Waals surface area (Å²) in [6, 6.07) is 15.2. The second-order valence-electron chi connectivity index (χ2n) is 5.56. The van der Waals surface area contributed by atoms with E-state index in [-0.39, 0.29) is 6.03 Å². The normalized spacial score (nSPS) is 10.6. The summed E-state index contributed by atoms with van der Waals surface area (Å²) in [5.41, 5.74) is 2.58. The number of carbonyl (C=O) groups excluding carboxylic acids is 1. The molecule has 0 aliphatic rings. The smallest absolute Gasteiger partial charge is 0.315 e. The SMILES string of the molecule is CCOc1ccc(CCNC(=O)NCc2noc3ccccc23)cc1. The lowest BCUT2D eigenvalue weighted by molar-refractivity contribution is 0.240. The molecule has 0 saturated carbocycles. The highest BCUT2D eigenvalue weighted by atomic mass is 16.5. The highest BCUT2D eigenvalue weighted by molar-refractivity contribution is 5.80. The van der Waals surface area contributed by atoms with Crippen LogP contribution >= 0.6 is 0 Å². The lowest BCUT2D eigenvalue weighted by atomic mass is 10.1. The quantitative estimate of drug-likeness (QED) is 0.693. The Hall–Kier alpha value is -3.02. The van der Waals surface area contributed by atoms with Crippen LogP contribution in [-0.4, -0.2) is 24.3 Å². The molecule has 1 heterocycles. The van der Waals surface area contributed by atoms with Crippen molar-refractivity contribution >= 4 is 17.0 Å². The summed E-state index contributed by atoms with van der Waals surface area (Å²) < 4.78 is 10.6. The van der Waals surface area contributed by atoms with Crippen LogP contribution in [0.25, 0.3) is 11.0 Å². The van der Waals surface area contributed by atoms with Crippen LogP contribution in [0.3, 0.4) is 0 Å². The number of benzene rings is 2. The second-order valence-corrected chi connectivity index (χ2v) is 5.56. The molecule has 2 amide bonds. The van der Waals surface area contributed by atoms with Crippen molar-refractivity contribution in [2.75, 3.05) is 13.2 Å². The molecule has 2 N–H and O–H groups in total. The van der Waals surface area contributed by atoms with E-state index in [9.17, 15) is 4.79 Å². The van der Waals surface area contributed by atoms with Gasteiger partial charge in [-0.25, -0.2) is 4.79 Å². The summed E-state index contributed by atoms with van der Waals surface area (Å²) in [5, 5.41) is 10.5. The van der Waals surface area contributed by atoms with Gasteiger partial charge in [-0.3, -0.25) is 0 Å². The van der Waals surface area contributed by atoms with E-state index < -0.39 is 0 Å². The zero-order chi connectivity index (χ0) is 17.5. The van der Waals surface area contributed by atoms with Crippen LogP contribution in [0.2, 0.25) is 0 Å². The lowest BCUT2D eigenvalue weighted by Gasteiger charge is -2.07. The fourth-order valence-electron chi connectivity index (χ4n) is 2.53. The average Bonchev–Trinajstić information content (AvgIpc) is 3.05. The zero-order valence-electron chi connectivity index (χ0n) is 14.1. The molecule has 0 atom stereocenters. The Bertz CT molecular complexity index is 827. The molecule has 6 nitrogen and oxygen atoms in total. The van der Waals surface area contributed by atoms with Crippen LogP contribution in [-0.2, 0) is 13.0 Å². The minimum Gasteiger partial charge on any atom is -0.494 e. The molecule has 1 aromatic heterocycles. The maximum absolute atomic E-state index is 11.9. The molecule has 6 heteroatoms. The first-order valence-corrected chi connectivity index (χ1v) is 8.33. The lowest BCUT2D eigenvalue weighted by Crippen LogP contribution is -2.36. The van der Waals surface area contributed by atoms with Gasteiger partial charge in [0.25, 0.3) is 0 Å². The standard InChI is InChI=1S/C19H21N3O3/c1-2-24-15-9-7-14(8-10-15)11-12-20-19(23)21-13-17-16-5-3-4-6-18(16)25-22-17/h3-10H,2,11-13H2,1H3,(H2,20,21,23). The third kappa shape index (κ3) is 4.50. The summed E-state index contributed by atoms with van der Waals surface area (Å²) >= 11 is 0. The van der Waals surface area contributed by atoms with Crippen LogP contribution in [0.1, 0.15) is 18.2 Å². The van der Waals surface area contributed by atoms with Crippen molar-refractivity contribution in [3.63, 3.8) is 0 Å². The number of amides is 2. The van der Waals surface area contributed by atoms with Gasteiger partial charge in [-0.15, -0.1) is 0 Å². The molecule has 0 unspecified atom stereocenters. The fraction of sp³-hybridized carbons (Fsp3) is 0.263. The van der Waals surface area contributed by atoms with Crippen molar-refractivity contribution < 1.29 is 14.1 Å². The topological polar surface area (TPSA) is 76.4 Å². The summed E-state index contributed by atoms with van der Waals surface area (Å²) in [4.78, 5) is 11.9. The number of aromatic nitrogens is 1. The summed E-state index contributed by atoms with van der Waals surface area (Å²) in [6.07, 6.45) is 0.757. The minimum absolute atomic E-state index is 0.224. The molecule has 3 rings (SSSR count). The number of rotatable bonds is 7. The van der Waals surface area contributed by atoms with E-state index in [1.165, 1.54) is 0 Å². The number of hydrogen-bond donors (Lipinski definition) is 2. The van der Waals surface area contributed by atoms with Gasteiger partial charge >= 0.3 is 6.03 Å². The number of fused-ring (bicyclic) bond motifs is 1. The molecule has 130 valence electrons. The van der Waals surface area contributed by atoms with Crippen molar-refractivity contribution in [1.82, 2.24) is 15.8 Å². The van der Waals surface area contributed by atoms with Crippen LogP contribution in [0.5, 0.6) is 5.75 Å². The van der Waals surface area contributed by atoms with Crippen molar-refractivity contribution in [3.8, 4) is 5.75 Å². The van der Waals surface area contributed by atoms with Gasteiger partial charge in [0.2, 0.25) is 0 Å². The summed E-state index contributed by atoms with van der Waals surface area (Å²) in [7, 11) is 0. The molecule has 0 radical (unpaired) electrons. The number of ether oxygens (including phenoxy) is 1. The Balaban J connectivity index is 1.42. The second kappa shape index (κ2) is 8.19. The highest BCUT2D eigenvalue weighted by Crippen LogP contribution is 2.17. The summed E-state index contributed by atoms with van der Waals surface area (Å²) in [5.74, 6) is 0.858. The van der Waals surface area contributed by atoms with Crippen LogP contribution in [0, 0.1) is 0 Å². The van der Waals surface area contributed by atoms with Crippen molar-refractivity contribution in [1.29, 1.82) is 0 Å². The Morgan fingerprint density at radius 3 is 2.72 bits per heavy atom. The Kier molecular flexibility index (Phi) is 5.51. The number of hydrogen-bond acceptors (Lipinski definition) is 4. The van der Waals surface area contributed by atoms with Crippen molar-refractivity contribution in [3.05, 3.63) is 59.8 Å². The number of urea groups is 1. The monoisotopic (exact) mass is 339 g/mol. The third-order valence-electron chi connectivity index (χ3n) is 3.80. The van der Waals surface area contributed by atoms with Gasteiger partial charge in [-0.1, -0.05) is 29.4 Å². The van der Waals surface area contributed by atoms with Gasteiger partial charge in [0.15, 0.2) is 5.58 Å². The molecule has 3 aromatic rings. The van der Waals surface area contributed by atoms with Crippen LogP contribution in [0.15, 0.2) is 53.1 Å². The number of nitrogens with one attached hydrogen (secondary N) is 2. The molecule has 0 aliphatic heterocycles. The molecule has 25 heavy (non-hydrogen) atoms. The average molecular weight is 339 g/mol. The molecule has 2 aromatic carbocycles. The molecular weight excluding hydrogens is 318 g/mol. The maximum Gasteiger partial charge on any atom is 0.315 e. The molecule has 0 fully saturated rings. The number of carbonyl (C=O) groups is 1. The van der Waals surface area contributed by atoms with Gasteiger partial charge in [-0.2, -0.15) is 0 Å². The van der Waals surface area contributed by atoms with E-state index in [0.717, 1.165) is 34.4 Å². The van der Waals surface area contributed by atoms with E-state index in [4.69, 9.17) is 9.26 Å². The first-order chi connectivity index (χ1) is 12.3. The largest absolute Gasteiger partial charge is 0.494 e. The van der Waals surface area contributed by atoms with E-state index >= 15 is 0 Å². The summed E-state index contributed by atoms with van der Waals surface area (Å²) in [6.45, 7) is 3.49. The molecule has 0 bridgehead atoms. The van der Waals surface area contributed by atoms with E-state index in [0.29, 0.717) is 19.7 Å². The zero-order valence-corrected chi connectivity index (χ0v) is 14.1. The Morgan fingerprint density at radius 2 is 1.92 bits per heavy atom. The van der Waals surface area contributed by atoms with Crippen LogP contribution < -0.4 is 15.4 Å². The predicted molar refractivity (Wildman–Crippen MR) is 95.6 cm³/mol. The molecule has 0 spiro atoms. The van der Waals surface area contributed by atoms with E-state index in [2.05, 4.69) is 15.8 Å². The maximum atomic E-state index is 11.9. The Morgan fingerprint density at radius 1 is 1.12 bits per heavy atom. The van der Waals surface area contributed by atoms with Crippen LogP contribution in [0.4, 0.5) is 4.79 Å². The van der Waals surface area contributed by atoms with Gasteiger partial charge in [0, 0.05) is 11.9 Å². The van der Waals surface area contributed by atoms with Crippen molar-refractivity contribution in [2.24, 2.45) is 0 Å². The van der Waals surface area contributed by atoms with Gasteiger partial charge in [-0.05, 0) is 43.2 Å². The van der Waals surface area contributed by atoms with Gasteiger partial charge < -0.3 is 19.9 Å². The molecule has 0 aliphatic carbocycles. The first kappa shape index (κ1) is 16.8. The first-order valence-electron chi connectivity index (χ1n) is 8.33. The number of para-hydroxylation sites is 1. The minimum atomic E-state index is -0.224.